The number of carboxylic acid groups (broad SMARTS) is 1. The number of hydrogen-bond donors (Lipinski definition) is 1. The van der Waals surface area contributed by atoms with Crippen LogP contribution >= 0.6 is 0 Å². The van der Waals surface area contributed by atoms with Crippen molar-refractivity contribution in [2.45, 2.75) is 70.6 Å². The molecule has 2 fully saturated rings. The molecule has 7 nitrogen and oxygen atoms in total. The molecule has 31 heavy (non-hydrogen) atoms. The van der Waals surface area contributed by atoms with Gasteiger partial charge in [0.1, 0.15) is 11.5 Å². The highest BCUT2D eigenvalue weighted by Crippen LogP contribution is 2.31. The number of alkyl halides is 3. The molecule has 0 spiro atoms. The van der Waals surface area contributed by atoms with Crippen LogP contribution < -0.4 is 0 Å². The SMILES string of the molecule is CC1c2nc(C(=O)N3CCCCC3)cn2CCN1CC1CCCC1.O=C(O)C(F)(F)F. The zero-order valence-electron chi connectivity index (χ0n) is 17.9. The average molecular weight is 444 g/mol. The molecule has 10 heteroatoms. The molecule has 1 unspecified atom stereocenters. The van der Waals surface area contributed by atoms with Crippen LogP contribution in [0.15, 0.2) is 6.20 Å². The summed E-state index contributed by atoms with van der Waals surface area (Å²) in [5.74, 6) is -0.679. The van der Waals surface area contributed by atoms with Crippen molar-refractivity contribution in [2.24, 2.45) is 5.92 Å². The topological polar surface area (TPSA) is 78.7 Å². The first-order chi connectivity index (χ1) is 14.7. The van der Waals surface area contributed by atoms with Gasteiger partial charge in [0.15, 0.2) is 0 Å². The summed E-state index contributed by atoms with van der Waals surface area (Å²) in [6, 6.07) is 0.322. The van der Waals surface area contributed by atoms with Crippen molar-refractivity contribution >= 4 is 11.9 Å². The molecular weight excluding hydrogens is 413 g/mol. The average Bonchev–Trinajstić information content (AvgIpc) is 3.40. The highest BCUT2D eigenvalue weighted by Gasteiger charge is 2.38. The summed E-state index contributed by atoms with van der Waals surface area (Å²) in [7, 11) is 0. The van der Waals surface area contributed by atoms with Crippen molar-refractivity contribution in [3.63, 3.8) is 0 Å². The van der Waals surface area contributed by atoms with Crippen molar-refractivity contribution in [2.75, 3.05) is 26.2 Å². The molecule has 1 saturated heterocycles. The molecule has 174 valence electrons. The van der Waals surface area contributed by atoms with Gasteiger partial charge in [-0.15, -0.1) is 0 Å². The van der Waals surface area contributed by atoms with Gasteiger partial charge in [0.2, 0.25) is 0 Å². The second-order valence-corrected chi connectivity index (χ2v) is 8.65. The number of likely N-dealkylation sites (tertiary alicyclic amines) is 1. The van der Waals surface area contributed by atoms with Crippen LogP contribution in [0.3, 0.4) is 0 Å². The lowest BCUT2D eigenvalue weighted by Gasteiger charge is -2.35. The molecule has 2 aliphatic heterocycles. The van der Waals surface area contributed by atoms with Crippen LogP contribution in [0.1, 0.15) is 74.2 Å². The number of carbonyl (C=O) groups excluding carboxylic acids is 1. The minimum atomic E-state index is -5.08. The van der Waals surface area contributed by atoms with E-state index in [0.29, 0.717) is 11.7 Å². The Morgan fingerprint density at radius 1 is 1.06 bits per heavy atom. The number of halogens is 3. The first kappa shape index (κ1) is 23.6. The van der Waals surface area contributed by atoms with Crippen LogP contribution in [-0.4, -0.2) is 68.7 Å². The van der Waals surface area contributed by atoms with Gasteiger partial charge >= 0.3 is 12.1 Å². The fourth-order valence-electron chi connectivity index (χ4n) is 4.67. The first-order valence-corrected chi connectivity index (χ1v) is 11.1. The van der Waals surface area contributed by atoms with Crippen LogP contribution in [0.5, 0.6) is 0 Å². The van der Waals surface area contributed by atoms with Crippen LogP contribution in [0, 0.1) is 5.92 Å². The van der Waals surface area contributed by atoms with E-state index in [9.17, 15) is 18.0 Å². The summed E-state index contributed by atoms with van der Waals surface area (Å²) in [6.07, 6.45) is 5.99. The maximum atomic E-state index is 12.7. The van der Waals surface area contributed by atoms with Crippen molar-refractivity contribution < 1.29 is 27.9 Å². The number of piperidine rings is 1. The van der Waals surface area contributed by atoms with Gasteiger partial charge in [-0.2, -0.15) is 13.2 Å². The molecule has 1 aromatic rings. The fraction of sp³-hybridized carbons (Fsp3) is 0.762. The number of fused-ring (bicyclic) bond motifs is 1. The Morgan fingerprint density at radius 3 is 2.26 bits per heavy atom. The number of aromatic nitrogens is 2. The number of rotatable bonds is 3. The third-order valence-electron chi connectivity index (χ3n) is 6.43. The molecule has 0 bridgehead atoms. The van der Waals surface area contributed by atoms with Gasteiger partial charge in [0, 0.05) is 38.9 Å². The molecule has 1 amide bonds. The van der Waals surface area contributed by atoms with Gasteiger partial charge in [-0.05, 0) is 44.9 Å². The number of nitrogens with zero attached hydrogens (tertiary/aromatic N) is 4. The molecule has 1 N–H and O–H groups in total. The van der Waals surface area contributed by atoms with E-state index in [-0.39, 0.29) is 5.91 Å². The monoisotopic (exact) mass is 444 g/mol. The number of amides is 1. The highest BCUT2D eigenvalue weighted by molar-refractivity contribution is 5.92. The number of hydrogen-bond acceptors (Lipinski definition) is 4. The molecule has 4 rings (SSSR count). The summed E-state index contributed by atoms with van der Waals surface area (Å²) in [5, 5.41) is 7.12. The maximum absolute atomic E-state index is 12.7. The molecular formula is C21H31F3N4O3. The Labute approximate surface area is 180 Å². The quantitative estimate of drug-likeness (QED) is 0.769. The Morgan fingerprint density at radius 2 is 1.68 bits per heavy atom. The van der Waals surface area contributed by atoms with Crippen LogP contribution in [0.25, 0.3) is 0 Å². The normalized spacial score (nSPS) is 22.6. The standard InChI is InChI=1S/C19H30N4O.C2HF3O2/c1-15-18-20-17(19(24)21-9-5-2-6-10-21)14-23(18)12-11-22(15)13-16-7-3-4-8-16;3-2(4,5)1(6)7/h14-16H,2-13H2,1H3;(H,6,7). The Hall–Kier alpha value is -2.10. The largest absolute Gasteiger partial charge is 0.490 e. The second-order valence-electron chi connectivity index (χ2n) is 8.65. The number of aliphatic carboxylic acids is 1. The van der Waals surface area contributed by atoms with E-state index in [4.69, 9.17) is 14.9 Å². The van der Waals surface area contributed by atoms with E-state index in [1.807, 2.05) is 11.1 Å². The van der Waals surface area contributed by atoms with E-state index in [1.165, 1.54) is 38.6 Å². The molecule has 1 atom stereocenters. The zero-order valence-corrected chi connectivity index (χ0v) is 17.9. The minimum Gasteiger partial charge on any atom is -0.475 e. The van der Waals surface area contributed by atoms with E-state index >= 15 is 0 Å². The molecule has 3 aliphatic rings. The Kier molecular flexibility index (Phi) is 7.61. The van der Waals surface area contributed by atoms with E-state index in [0.717, 1.165) is 50.8 Å². The van der Waals surface area contributed by atoms with E-state index in [1.54, 1.807) is 0 Å². The van der Waals surface area contributed by atoms with Gasteiger partial charge in [0.05, 0.1) is 6.04 Å². The smallest absolute Gasteiger partial charge is 0.475 e. The Bertz CT molecular complexity index is 768. The number of imidazole rings is 1. The summed E-state index contributed by atoms with van der Waals surface area (Å²) in [4.78, 5) is 30.9. The maximum Gasteiger partial charge on any atom is 0.490 e. The molecule has 0 radical (unpaired) electrons. The molecule has 1 saturated carbocycles. The lowest BCUT2D eigenvalue weighted by Crippen LogP contribution is -2.39. The summed E-state index contributed by atoms with van der Waals surface area (Å²) >= 11 is 0. The first-order valence-electron chi connectivity index (χ1n) is 11.1. The third-order valence-corrected chi connectivity index (χ3v) is 6.43. The highest BCUT2D eigenvalue weighted by atomic mass is 19.4. The third kappa shape index (κ3) is 5.99. The van der Waals surface area contributed by atoms with Crippen LogP contribution in [-0.2, 0) is 11.3 Å². The zero-order chi connectivity index (χ0) is 22.6. The molecule has 1 aliphatic carbocycles. The lowest BCUT2D eigenvalue weighted by atomic mass is 10.1. The summed E-state index contributed by atoms with van der Waals surface area (Å²) < 4.78 is 34.0. The predicted octanol–water partition coefficient (Wildman–Crippen LogP) is 3.71. The molecule has 1 aromatic heterocycles. The van der Waals surface area contributed by atoms with Gasteiger partial charge in [-0.1, -0.05) is 12.8 Å². The molecule has 3 heterocycles. The van der Waals surface area contributed by atoms with Crippen LogP contribution in [0.4, 0.5) is 13.2 Å². The van der Waals surface area contributed by atoms with E-state index in [2.05, 4.69) is 16.4 Å². The fourth-order valence-corrected chi connectivity index (χ4v) is 4.67. The van der Waals surface area contributed by atoms with Crippen molar-refractivity contribution in [1.82, 2.24) is 19.4 Å². The second kappa shape index (κ2) is 10.0. The van der Waals surface area contributed by atoms with Gasteiger partial charge in [0.25, 0.3) is 5.91 Å². The predicted molar refractivity (Wildman–Crippen MR) is 108 cm³/mol. The van der Waals surface area contributed by atoms with Gasteiger partial charge < -0.3 is 14.6 Å². The van der Waals surface area contributed by atoms with Crippen molar-refractivity contribution in [1.29, 1.82) is 0 Å². The van der Waals surface area contributed by atoms with Crippen molar-refractivity contribution in [3.05, 3.63) is 17.7 Å². The molecule has 0 aromatic carbocycles. The van der Waals surface area contributed by atoms with Crippen LogP contribution in [0.2, 0.25) is 0 Å². The summed E-state index contributed by atoms with van der Waals surface area (Å²) in [5.41, 5.74) is 0.654. The van der Waals surface area contributed by atoms with Gasteiger partial charge in [-0.3, -0.25) is 9.69 Å². The van der Waals surface area contributed by atoms with Crippen molar-refractivity contribution in [3.8, 4) is 0 Å². The summed E-state index contributed by atoms with van der Waals surface area (Å²) in [6.45, 7) is 7.28. The van der Waals surface area contributed by atoms with Gasteiger partial charge in [-0.25, -0.2) is 9.78 Å². The number of carbonyl (C=O) groups is 2. The van der Waals surface area contributed by atoms with E-state index < -0.39 is 12.1 Å². The lowest BCUT2D eigenvalue weighted by molar-refractivity contribution is -0.192. The Balaban J connectivity index is 0.000000339. The number of carboxylic acids is 1. The minimum absolute atomic E-state index is 0.131.